The zero-order valence-electron chi connectivity index (χ0n) is 13.1. The Balaban J connectivity index is 2.25. The van der Waals surface area contributed by atoms with Gasteiger partial charge in [0, 0.05) is 0 Å². The van der Waals surface area contributed by atoms with Crippen molar-refractivity contribution < 1.29 is 14.3 Å². The standard InChI is InChI=1S/C16H22ClNO3/c1-15(2)9-13(16(3,4)21-15)18-12-8-10(14(19)20-5)6-7-11(12)17/h6-8,13,18H,9H2,1-5H3. The van der Waals surface area contributed by atoms with Crippen molar-refractivity contribution in [3.05, 3.63) is 28.8 Å². The Labute approximate surface area is 130 Å². The maximum Gasteiger partial charge on any atom is 0.337 e. The van der Waals surface area contributed by atoms with Crippen LogP contribution in [-0.4, -0.2) is 30.3 Å². The van der Waals surface area contributed by atoms with Crippen molar-refractivity contribution in [3.8, 4) is 0 Å². The molecule has 1 atom stereocenters. The fraction of sp³-hybridized carbons (Fsp3) is 0.562. The van der Waals surface area contributed by atoms with Crippen molar-refractivity contribution in [2.75, 3.05) is 12.4 Å². The Hall–Kier alpha value is -1.26. The van der Waals surface area contributed by atoms with E-state index in [-0.39, 0.29) is 23.2 Å². The predicted molar refractivity (Wildman–Crippen MR) is 84.1 cm³/mol. The molecule has 1 unspecified atom stereocenters. The second-order valence-electron chi connectivity index (χ2n) is 6.55. The van der Waals surface area contributed by atoms with Gasteiger partial charge in [0.15, 0.2) is 0 Å². The van der Waals surface area contributed by atoms with Crippen LogP contribution in [0.3, 0.4) is 0 Å². The van der Waals surface area contributed by atoms with Crippen molar-refractivity contribution in [1.29, 1.82) is 0 Å². The number of esters is 1. The number of rotatable bonds is 3. The molecule has 1 aromatic rings. The van der Waals surface area contributed by atoms with Crippen LogP contribution >= 0.6 is 11.6 Å². The lowest BCUT2D eigenvalue weighted by Gasteiger charge is -2.28. The zero-order chi connectivity index (χ0) is 15.8. The molecule has 0 amide bonds. The number of carbonyl (C=O) groups excluding carboxylic acids is 1. The fourth-order valence-electron chi connectivity index (χ4n) is 2.86. The molecule has 0 spiro atoms. The van der Waals surface area contributed by atoms with Gasteiger partial charge in [-0.1, -0.05) is 11.6 Å². The van der Waals surface area contributed by atoms with Gasteiger partial charge in [-0.15, -0.1) is 0 Å². The lowest BCUT2D eigenvalue weighted by molar-refractivity contribution is -0.0662. The first-order valence-corrected chi connectivity index (χ1v) is 7.37. The average Bonchev–Trinajstić information content (AvgIpc) is 2.58. The summed E-state index contributed by atoms with van der Waals surface area (Å²) in [6.07, 6.45) is 0.860. The maximum atomic E-state index is 11.6. The Bertz CT molecular complexity index is 554. The van der Waals surface area contributed by atoms with Gasteiger partial charge in [-0.25, -0.2) is 4.79 Å². The quantitative estimate of drug-likeness (QED) is 0.860. The SMILES string of the molecule is COC(=O)c1ccc(Cl)c(NC2CC(C)(C)OC2(C)C)c1. The Kier molecular flexibility index (Phi) is 4.22. The molecule has 1 heterocycles. The molecule has 5 heteroatoms. The highest BCUT2D eigenvalue weighted by Crippen LogP contribution is 2.39. The molecule has 1 aliphatic rings. The summed E-state index contributed by atoms with van der Waals surface area (Å²) < 4.78 is 10.8. The molecule has 0 aromatic heterocycles. The largest absolute Gasteiger partial charge is 0.465 e. The first-order valence-electron chi connectivity index (χ1n) is 6.99. The second kappa shape index (κ2) is 5.50. The molecule has 1 saturated heterocycles. The minimum Gasteiger partial charge on any atom is -0.465 e. The molecular formula is C16H22ClNO3. The molecule has 2 rings (SSSR count). The summed E-state index contributed by atoms with van der Waals surface area (Å²) in [6.45, 7) is 8.25. The second-order valence-corrected chi connectivity index (χ2v) is 6.96. The van der Waals surface area contributed by atoms with E-state index in [1.807, 2.05) is 0 Å². The van der Waals surface area contributed by atoms with E-state index in [4.69, 9.17) is 21.1 Å². The zero-order valence-corrected chi connectivity index (χ0v) is 13.9. The van der Waals surface area contributed by atoms with E-state index in [9.17, 15) is 4.79 Å². The minimum absolute atomic E-state index is 0.109. The Morgan fingerprint density at radius 3 is 2.57 bits per heavy atom. The van der Waals surface area contributed by atoms with Crippen molar-refractivity contribution in [3.63, 3.8) is 0 Å². The van der Waals surface area contributed by atoms with E-state index in [2.05, 4.69) is 33.0 Å². The lowest BCUT2D eigenvalue weighted by atomic mass is 9.94. The van der Waals surface area contributed by atoms with Crippen LogP contribution < -0.4 is 5.32 Å². The van der Waals surface area contributed by atoms with Crippen molar-refractivity contribution in [2.45, 2.75) is 51.4 Å². The summed E-state index contributed by atoms with van der Waals surface area (Å²) in [7, 11) is 1.36. The Morgan fingerprint density at radius 1 is 1.38 bits per heavy atom. The monoisotopic (exact) mass is 311 g/mol. The van der Waals surface area contributed by atoms with Crippen LogP contribution in [0, 0.1) is 0 Å². The van der Waals surface area contributed by atoms with E-state index in [0.29, 0.717) is 10.6 Å². The number of hydrogen-bond donors (Lipinski definition) is 1. The number of hydrogen-bond acceptors (Lipinski definition) is 4. The summed E-state index contributed by atoms with van der Waals surface area (Å²) >= 11 is 6.23. The minimum atomic E-state index is -0.378. The number of ether oxygens (including phenoxy) is 2. The Morgan fingerprint density at radius 2 is 2.05 bits per heavy atom. The molecule has 116 valence electrons. The summed E-state index contributed by atoms with van der Waals surface area (Å²) in [4.78, 5) is 11.6. The van der Waals surface area contributed by atoms with Crippen molar-refractivity contribution in [2.24, 2.45) is 0 Å². The van der Waals surface area contributed by atoms with Crippen LogP contribution in [0.25, 0.3) is 0 Å². The van der Waals surface area contributed by atoms with Gasteiger partial charge in [0.2, 0.25) is 0 Å². The molecule has 1 aromatic carbocycles. The molecule has 4 nitrogen and oxygen atoms in total. The molecular weight excluding hydrogens is 290 g/mol. The molecule has 1 N–H and O–H groups in total. The van der Waals surface area contributed by atoms with E-state index >= 15 is 0 Å². The molecule has 21 heavy (non-hydrogen) atoms. The van der Waals surface area contributed by atoms with Gasteiger partial charge < -0.3 is 14.8 Å². The highest BCUT2D eigenvalue weighted by atomic mass is 35.5. The maximum absolute atomic E-state index is 11.6. The third kappa shape index (κ3) is 3.50. The van der Waals surface area contributed by atoms with Crippen LogP contribution in [0.2, 0.25) is 5.02 Å². The summed E-state index contributed by atoms with van der Waals surface area (Å²) in [5, 5.41) is 3.98. The summed E-state index contributed by atoms with van der Waals surface area (Å²) in [5.41, 5.74) is 0.696. The predicted octanol–water partition coefficient (Wildman–Crippen LogP) is 3.88. The molecule has 0 bridgehead atoms. The van der Waals surface area contributed by atoms with Crippen molar-refractivity contribution >= 4 is 23.3 Å². The van der Waals surface area contributed by atoms with Crippen LogP contribution in [0.4, 0.5) is 5.69 Å². The van der Waals surface area contributed by atoms with Gasteiger partial charge in [-0.05, 0) is 52.3 Å². The van der Waals surface area contributed by atoms with Gasteiger partial charge >= 0.3 is 5.97 Å². The molecule has 1 fully saturated rings. The average molecular weight is 312 g/mol. The highest BCUT2D eigenvalue weighted by molar-refractivity contribution is 6.33. The number of benzene rings is 1. The molecule has 0 saturated carbocycles. The summed E-state index contributed by atoms with van der Waals surface area (Å²) in [6, 6.07) is 5.18. The van der Waals surface area contributed by atoms with Gasteiger partial charge in [0.25, 0.3) is 0 Å². The first kappa shape index (κ1) is 16.1. The van der Waals surface area contributed by atoms with Crippen LogP contribution in [0.5, 0.6) is 0 Å². The normalized spacial score (nSPS) is 22.9. The van der Waals surface area contributed by atoms with Crippen LogP contribution in [-0.2, 0) is 9.47 Å². The van der Waals surface area contributed by atoms with E-state index in [0.717, 1.165) is 12.1 Å². The number of halogens is 1. The topological polar surface area (TPSA) is 47.6 Å². The number of nitrogens with one attached hydrogen (secondary N) is 1. The smallest absolute Gasteiger partial charge is 0.337 e. The number of carbonyl (C=O) groups is 1. The van der Waals surface area contributed by atoms with Gasteiger partial charge in [-0.3, -0.25) is 0 Å². The molecule has 1 aliphatic heterocycles. The third-order valence-corrected chi connectivity index (χ3v) is 4.12. The summed E-state index contributed by atoms with van der Waals surface area (Å²) in [5.74, 6) is -0.378. The van der Waals surface area contributed by atoms with Crippen LogP contribution in [0.1, 0.15) is 44.5 Å². The van der Waals surface area contributed by atoms with Gasteiger partial charge in [0.1, 0.15) is 0 Å². The highest BCUT2D eigenvalue weighted by Gasteiger charge is 2.45. The van der Waals surface area contributed by atoms with Crippen LogP contribution in [0.15, 0.2) is 18.2 Å². The van der Waals surface area contributed by atoms with E-state index < -0.39 is 0 Å². The molecule has 0 radical (unpaired) electrons. The fourth-order valence-corrected chi connectivity index (χ4v) is 3.03. The first-order chi connectivity index (χ1) is 9.64. The number of methoxy groups -OCH3 is 1. The lowest BCUT2D eigenvalue weighted by Crippen LogP contribution is -2.38. The third-order valence-electron chi connectivity index (χ3n) is 3.79. The van der Waals surface area contributed by atoms with Gasteiger partial charge in [0.05, 0.1) is 40.6 Å². The molecule has 0 aliphatic carbocycles. The van der Waals surface area contributed by atoms with Crippen molar-refractivity contribution in [1.82, 2.24) is 0 Å². The number of anilines is 1. The van der Waals surface area contributed by atoms with E-state index in [1.54, 1.807) is 18.2 Å². The van der Waals surface area contributed by atoms with E-state index in [1.165, 1.54) is 7.11 Å². The van der Waals surface area contributed by atoms with Gasteiger partial charge in [-0.2, -0.15) is 0 Å².